The summed E-state index contributed by atoms with van der Waals surface area (Å²) in [6.45, 7) is 4.01. The van der Waals surface area contributed by atoms with E-state index >= 15 is 0 Å². The first-order valence-electron chi connectivity index (χ1n) is 6.67. The van der Waals surface area contributed by atoms with Crippen LogP contribution in [-0.2, 0) is 0 Å². The Kier molecular flexibility index (Phi) is 7.24. The number of hydrogen-bond donors (Lipinski definition) is 2. The standard InChI is InChI=1S/C15H21NO2S/c1-3-4-5-7-12(2)16-15(18)14-13(8-6-10-17)9-11-19-14/h9,11-12,17H,3-5,7,10H2,1-2H3,(H,16,18). The highest BCUT2D eigenvalue weighted by Crippen LogP contribution is 2.16. The second kappa shape index (κ2) is 8.73. The molecule has 3 nitrogen and oxygen atoms in total. The van der Waals surface area contributed by atoms with E-state index in [-0.39, 0.29) is 18.6 Å². The molecule has 0 fully saturated rings. The highest BCUT2D eigenvalue weighted by molar-refractivity contribution is 7.12. The number of carbonyl (C=O) groups excluding carboxylic acids is 1. The predicted molar refractivity (Wildman–Crippen MR) is 79.4 cm³/mol. The highest BCUT2D eigenvalue weighted by atomic mass is 32.1. The fraction of sp³-hybridized carbons (Fsp3) is 0.533. The number of hydrogen-bond acceptors (Lipinski definition) is 3. The summed E-state index contributed by atoms with van der Waals surface area (Å²) in [5.41, 5.74) is 0.692. The second-order valence-electron chi connectivity index (χ2n) is 4.49. The second-order valence-corrected chi connectivity index (χ2v) is 5.41. The fourth-order valence-corrected chi connectivity index (χ4v) is 2.53. The van der Waals surface area contributed by atoms with Crippen LogP contribution in [0.4, 0.5) is 0 Å². The van der Waals surface area contributed by atoms with Gasteiger partial charge in [0.1, 0.15) is 11.5 Å². The van der Waals surface area contributed by atoms with Crippen LogP contribution in [-0.4, -0.2) is 23.7 Å². The number of aliphatic hydroxyl groups is 1. The third kappa shape index (κ3) is 5.46. The van der Waals surface area contributed by atoms with Crippen LogP contribution in [0.5, 0.6) is 0 Å². The zero-order valence-corrected chi connectivity index (χ0v) is 12.3. The van der Waals surface area contributed by atoms with Gasteiger partial charge in [0, 0.05) is 11.6 Å². The minimum absolute atomic E-state index is 0.0683. The number of amides is 1. The van der Waals surface area contributed by atoms with Crippen molar-refractivity contribution < 1.29 is 9.90 Å². The molecular weight excluding hydrogens is 258 g/mol. The third-order valence-corrected chi connectivity index (χ3v) is 3.70. The molecular formula is C15H21NO2S. The molecule has 0 radical (unpaired) electrons. The summed E-state index contributed by atoms with van der Waals surface area (Å²) in [5, 5.41) is 13.5. The highest BCUT2D eigenvalue weighted by Gasteiger charge is 2.14. The SMILES string of the molecule is CCCCCC(C)NC(=O)c1sccc1C#CCO. The van der Waals surface area contributed by atoms with Crippen molar-refractivity contribution in [3.63, 3.8) is 0 Å². The summed E-state index contributed by atoms with van der Waals surface area (Å²) in [5.74, 6) is 5.30. The Balaban J connectivity index is 2.56. The van der Waals surface area contributed by atoms with Gasteiger partial charge in [-0.2, -0.15) is 0 Å². The molecule has 0 saturated carbocycles. The molecule has 2 N–H and O–H groups in total. The lowest BCUT2D eigenvalue weighted by Gasteiger charge is -2.13. The van der Waals surface area contributed by atoms with Gasteiger partial charge in [-0.05, 0) is 24.8 Å². The lowest BCUT2D eigenvalue weighted by atomic mass is 10.1. The van der Waals surface area contributed by atoms with Crippen LogP contribution >= 0.6 is 11.3 Å². The maximum Gasteiger partial charge on any atom is 0.262 e. The van der Waals surface area contributed by atoms with Gasteiger partial charge in [0.15, 0.2) is 0 Å². The Morgan fingerprint density at radius 1 is 1.53 bits per heavy atom. The van der Waals surface area contributed by atoms with Crippen LogP contribution in [0, 0.1) is 11.8 Å². The Morgan fingerprint density at radius 2 is 2.32 bits per heavy atom. The van der Waals surface area contributed by atoms with E-state index in [1.165, 1.54) is 24.2 Å². The van der Waals surface area contributed by atoms with E-state index in [4.69, 9.17) is 5.11 Å². The summed E-state index contributed by atoms with van der Waals surface area (Å²) >= 11 is 1.38. The summed E-state index contributed by atoms with van der Waals surface area (Å²) in [6, 6.07) is 1.99. The van der Waals surface area contributed by atoms with Gasteiger partial charge in [-0.25, -0.2) is 0 Å². The van der Waals surface area contributed by atoms with Crippen molar-refractivity contribution in [1.29, 1.82) is 0 Å². The van der Waals surface area contributed by atoms with Crippen LogP contribution in [0.15, 0.2) is 11.4 Å². The van der Waals surface area contributed by atoms with E-state index in [0.29, 0.717) is 10.4 Å². The molecule has 1 aromatic heterocycles. The van der Waals surface area contributed by atoms with E-state index in [9.17, 15) is 4.79 Å². The number of nitrogens with one attached hydrogen (secondary N) is 1. The van der Waals surface area contributed by atoms with Crippen LogP contribution in [0.1, 0.15) is 54.8 Å². The Bertz CT molecular complexity index is 456. The molecule has 1 atom stereocenters. The van der Waals surface area contributed by atoms with Gasteiger partial charge in [0.05, 0.1) is 0 Å². The normalized spacial score (nSPS) is 11.5. The molecule has 0 aliphatic carbocycles. The maximum atomic E-state index is 12.1. The van der Waals surface area contributed by atoms with Crippen molar-refractivity contribution in [3.05, 3.63) is 21.9 Å². The Morgan fingerprint density at radius 3 is 3.00 bits per heavy atom. The van der Waals surface area contributed by atoms with Gasteiger partial charge in [0.25, 0.3) is 5.91 Å². The van der Waals surface area contributed by atoms with Crippen LogP contribution in [0.2, 0.25) is 0 Å². The Labute approximate surface area is 119 Å². The molecule has 1 aromatic rings. The molecule has 19 heavy (non-hydrogen) atoms. The molecule has 0 aliphatic rings. The molecule has 1 unspecified atom stereocenters. The smallest absolute Gasteiger partial charge is 0.262 e. The van der Waals surface area contributed by atoms with Crippen molar-refractivity contribution in [2.75, 3.05) is 6.61 Å². The monoisotopic (exact) mass is 279 g/mol. The lowest BCUT2D eigenvalue weighted by molar-refractivity contribution is 0.0942. The molecule has 0 aliphatic heterocycles. The van der Waals surface area contributed by atoms with Gasteiger partial charge in [-0.3, -0.25) is 4.79 Å². The van der Waals surface area contributed by atoms with Gasteiger partial charge in [0.2, 0.25) is 0 Å². The van der Waals surface area contributed by atoms with Crippen molar-refractivity contribution in [3.8, 4) is 11.8 Å². The molecule has 0 aromatic carbocycles. The molecule has 4 heteroatoms. The van der Waals surface area contributed by atoms with Crippen molar-refractivity contribution in [2.24, 2.45) is 0 Å². The number of aliphatic hydroxyl groups excluding tert-OH is 1. The number of carbonyl (C=O) groups is 1. The van der Waals surface area contributed by atoms with E-state index in [0.717, 1.165) is 12.8 Å². The maximum absolute atomic E-state index is 12.1. The summed E-state index contributed by atoms with van der Waals surface area (Å²) in [7, 11) is 0. The lowest BCUT2D eigenvalue weighted by Crippen LogP contribution is -2.32. The molecule has 104 valence electrons. The zero-order valence-electron chi connectivity index (χ0n) is 11.5. The first kappa shape index (κ1) is 15.7. The first-order valence-corrected chi connectivity index (χ1v) is 7.55. The summed E-state index contributed by atoms with van der Waals surface area (Å²) in [6.07, 6.45) is 4.53. The molecule has 1 amide bonds. The fourth-order valence-electron chi connectivity index (χ4n) is 1.78. The van der Waals surface area contributed by atoms with Crippen molar-refractivity contribution in [2.45, 2.75) is 45.6 Å². The van der Waals surface area contributed by atoms with Crippen molar-refractivity contribution >= 4 is 17.2 Å². The van der Waals surface area contributed by atoms with Crippen molar-refractivity contribution in [1.82, 2.24) is 5.32 Å². The topological polar surface area (TPSA) is 49.3 Å². The van der Waals surface area contributed by atoms with E-state index in [1.54, 1.807) is 0 Å². The quantitative estimate of drug-likeness (QED) is 0.621. The molecule has 0 bridgehead atoms. The van der Waals surface area contributed by atoms with Crippen LogP contribution in [0.3, 0.4) is 0 Å². The van der Waals surface area contributed by atoms with Crippen LogP contribution < -0.4 is 5.32 Å². The molecule has 1 heterocycles. The minimum atomic E-state index is -0.190. The largest absolute Gasteiger partial charge is 0.384 e. The first-order chi connectivity index (χ1) is 9.19. The number of unbranched alkanes of at least 4 members (excludes halogenated alkanes) is 2. The van der Waals surface area contributed by atoms with Gasteiger partial charge in [-0.15, -0.1) is 11.3 Å². The predicted octanol–water partition coefficient (Wildman–Crippen LogP) is 2.79. The molecule has 0 saturated heterocycles. The van der Waals surface area contributed by atoms with Gasteiger partial charge >= 0.3 is 0 Å². The van der Waals surface area contributed by atoms with E-state index < -0.39 is 0 Å². The number of thiophene rings is 1. The zero-order chi connectivity index (χ0) is 14.1. The average molecular weight is 279 g/mol. The third-order valence-electron chi connectivity index (χ3n) is 2.79. The minimum Gasteiger partial charge on any atom is -0.384 e. The summed E-state index contributed by atoms with van der Waals surface area (Å²) in [4.78, 5) is 12.7. The number of rotatable bonds is 6. The Hall–Kier alpha value is -1.31. The summed E-state index contributed by atoms with van der Waals surface area (Å²) < 4.78 is 0. The van der Waals surface area contributed by atoms with Gasteiger partial charge < -0.3 is 10.4 Å². The molecule has 1 rings (SSSR count). The van der Waals surface area contributed by atoms with Crippen LogP contribution in [0.25, 0.3) is 0 Å². The van der Waals surface area contributed by atoms with E-state index in [2.05, 4.69) is 24.1 Å². The van der Waals surface area contributed by atoms with Gasteiger partial charge in [-0.1, -0.05) is 38.0 Å². The average Bonchev–Trinajstić information content (AvgIpc) is 2.85. The molecule has 0 spiro atoms. The van der Waals surface area contributed by atoms with E-state index in [1.807, 2.05) is 18.4 Å².